The number of sulfonamides is 1. The molecule has 0 saturated heterocycles. The van der Waals surface area contributed by atoms with E-state index in [0.29, 0.717) is 0 Å². The summed E-state index contributed by atoms with van der Waals surface area (Å²) < 4.78 is 35.8. The Balaban J connectivity index is 2.37. The van der Waals surface area contributed by atoms with Crippen molar-refractivity contribution in [1.82, 2.24) is 0 Å². The summed E-state index contributed by atoms with van der Waals surface area (Å²) in [5.41, 5.74) is 5.55. The molecule has 0 heterocycles. The predicted octanol–water partition coefficient (Wildman–Crippen LogP) is 1.31. The monoisotopic (exact) mass is 309 g/mol. The van der Waals surface area contributed by atoms with E-state index in [1.165, 1.54) is 30.3 Å². The molecule has 1 amide bonds. The van der Waals surface area contributed by atoms with Crippen LogP contribution in [0.4, 0.5) is 15.8 Å². The minimum Gasteiger partial charge on any atom is -0.398 e. The van der Waals surface area contributed by atoms with Crippen LogP contribution in [0.25, 0.3) is 0 Å². The van der Waals surface area contributed by atoms with Crippen molar-refractivity contribution in [3.63, 3.8) is 0 Å². The summed E-state index contributed by atoms with van der Waals surface area (Å²) in [5, 5.41) is 7.46. The molecular formula is C13H12FN3O3S. The van der Waals surface area contributed by atoms with E-state index in [1.807, 2.05) is 0 Å². The number of nitrogens with one attached hydrogen (secondary N) is 1. The molecular weight excluding hydrogens is 297 g/mol. The van der Waals surface area contributed by atoms with Crippen LogP contribution in [-0.2, 0) is 10.0 Å². The molecule has 0 fully saturated rings. The lowest BCUT2D eigenvalue weighted by Crippen LogP contribution is -2.19. The Morgan fingerprint density at radius 3 is 2.43 bits per heavy atom. The van der Waals surface area contributed by atoms with Crippen LogP contribution in [0.3, 0.4) is 0 Å². The van der Waals surface area contributed by atoms with Crippen LogP contribution in [0.1, 0.15) is 10.4 Å². The number of amides is 1. The highest BCUT2D eigenvalue weighted by molar-refractivity contribution is 7.89. The summed E-state index contributed by atoms with van der Waals surface area (Å²) in [7, 11) is -3.98. The average molecular weight is 309 g/mol. The lowest BCUT2D eigenvalue weighted by atomic mass is 10.1. The van der Waals surface area contributed by atoms with E-state index in [1.54, 1.807) is 0 Å². The maximum Gasteiger partial charge on any atom is 0.257 e. The Labute approximate surface area is 120 Å². The van der Waals surface area contributed by atoms with Gasteiger partial charge in [-0.15, -0.1) is 0 Å². The molecule has 0 atom stereocenters. The topological polar surface area (TPSA) is 115 Å². The van der Waals surface area contributed by atoms with Gasteiger partial charge in [0.25, 0.3) is 5.91 Å². The number of primary sulfonamides is 1. The number of nitrogen functional groups attached to an aromatic ring is 1. The Kier molecular flexibility index (Phi) is 3.92. The first-order valence-corrected chi connectivity index (χ1v) is 7.32. The van der Waals surface area contributed by atoms with Gasteiger partial charge < -0.3 is 11.1 Å². The van der Waals surface area contributed by atoms with Crippen LogP contribution < -0.4 is 16.2 Å². The molecule has 0 saturated carbocycles. The molecule has 2 aromatic rings. The second kappa shape index (κ2) is 5.51. The second-order valence-corrected chi connectivity index (χ2v) is 5.76. The molecule has 0 spiro atoms. The fourth-order valence-electron chi connectivity index (χ4n) is 1.75. The molecule has 8 heteroatoms. The Morgan fingerprint density at radius 2 is 1.81 bits per heavy atom. The first-order valence-electron chi connectivity index (χ1n) is 5.77. The number of rotatable bonds is 3. The van der Waals surface area contributed by atoms with Crippen molar-refractivity contribution >= 4 is 27.3 Å². The molecule has 0 aliphatic heterocycles. The van der Waals surface area contributed by atoms with Gasteiger partial charge >= 0.3 is 0 Å². The minimum absolute atomic E-state index is 0.0220. The first-order chi connectivity index (χ1) is 9.79. The molecule has 6 nitrogen and oxygen atoms in total. The largest absolute Gasteiger partial charge is 0.398 e. The summed E-state index contributed by atoms with van der Waals surface area (Å²) in [6.45, 7) is 0. The molecule has 0 unspecified atom stereocenters. The third-order valence-electron chi connectivity index (χ3n) is 2.70. The van der Waals surface area contributed by atoms with Gasteiger partial charge in [-0.05, 0) is 30.3 Å². The quantitative estimate of drug-likeness (QED) is 0.741. The molecule has 21 heavy (non-hydrogen) atoms. The van der Waals surface area contributed by atoms with Gasteiger partial charge in [-0.1, -0.05) is 12.1 Å². The number of hydrogen-bond donors (Lipinski definition) is 3. The highest BCUT2D eigenvalue weighted by Crippen LogP contribution is 2.21. The van der Waals surface area contributed by atoms with E-state index >= 15 is 0 Å². The molecule has 5 N–H and O–H groups in total. The van der Waals surface area contributed by atoms with Crippen molar-refractivity contribution in [1.29, 1.82) is 0 Å². The number of carbonyl (C=O) groups excluding carboxylic acids is 1. The molecule has 0 aromatic heterocycles. The SMILES string of the molecule is Nc1cc(F)ccc1C(=O)Nc1ccccc1S(N)(=O)=O. The van der Waals surface area contributed by atoms with Crippen molar-refractivity contribution in [2.24, 2.45) is 5.14 Å². The Bertz CT molecular complexity index is 806. The highest BCUT2D eigenvalue weighted by Gasteiger charge is 2.17. The van der Waals surface area contributed by atoms with Crippen molar-refractivity contribution < 1.29 is 17.6 Å². The fraction of sp³-hybridized carbons (Fsp3) is 0. The van der Waals surface area contributed by atoms with E-state index in [0.717, 1.165) is 12.1 Å². The predicted molar refractivity (Wildman–Crippen MR) is 76.6 cm³/mol. The summed E-state index contributed by atoms with van der Waals surface area (Å²) in [4.78, 5) is 11.9. The van der Waals surface area contributed by atoms with E-state index in [2.05, 4.69) is 5.32 Å². The fourth-order valence-corrected chi connectivity index (χ4v) is 2.44. The van der Waals surface area contributed by atoms with Crippen LogP contribution in [0.2, 0.25) is 0 Å². The number of hydrogen-bond acceptors (Lipinski definition) is 4. The van der Waals surface area contributed by atoms with Gasteiger partial charge in [0, 0.05) is 5.69 Å². The van der Waals surface area contributed by atoms with Gasteiger partial charge in [-0.3, -0.25) is 4.79 Å². The Morgan fingerprint density at radius 1 is 1.14 bits per heavy atom. The molecule has 0 bridgehead atoms. The van der Waals surface area contributed by atoms with E-state index in [9.17, 15) is 17.6 Å². The third-order valence-corrected chi connectivity index (χ3v) is 3.67. The van der Waals surface area contributed by atoms with Gasteiger partial charge in [0.15, 0.2) is 0 Å². The summed E-state index contributed by atoms with van der Waals surface area (Å²) in [5.74, 6) is -1.24. The van der Waals surface area contributed by atoms with Gasteiger partial charge in [0.2, 0.25) is 10.0 Å². The van der Waals surface area contributed by atoms with Crippen LogP contribution in [0.15, 0.2) is 47.4 Å². The second-order valence-electron chi connectivity index (χ2n) is 4.23. The van der Waals surface area contributed by atoms with Crippen molar-refractivity contribution in [3.05, 3.63) is 53.8 Å². The van der Waals surface area contributed by atoms with E-state index in [-0.39, 0.29) is 21.8 Å². The van der Waals surface area contributed by atoms with Crippen LogP contribution >= 0.6 is 0 Å². The third kappa shape index (κ3) is 3.36. The lowest BCUT2D eigenvalue weighted by Gasteiger charge is -2.10. The van der Waals surface area contributed by atoms with Crippen molar-refractivity contribution in [2.75, 3.05) is 11.1 Å². The summed E-state index contributed by atoms with van der Waals surface area (Å²) in [6.07, 6.45) is 0. The van der Waals surface area contributed by atoms with E-state index in [4.69, 9.17) is 10.9 Å². The zero-order valence-electron chi connectivity index (χ0n) is 10.7. The molecule has 2 aromatic carbocycles. The van der Waals surface area contributed by atoms with Gasteiger partial charge in [0.05, 0.1) is 11.3 Å². The van der Waals surface area contributed by atoms with Crippen LogP contribution in [0, 0.1) is 5.82 Å². The summed E-state index contributed by atoms with van der Waals surface area (Å²) >= 11 is 0. The van der Waals surface area contributed by atoms with Gasteiger partial charge in [-0.2, -0.15) is 0 Å². The zero-order chi connectivity index (χ0) is 15.6. The lowest BCUT2D eigenvalue weighted by molar-refractivity contribution is 0.102. The maximum atomic E-state index is 13.0. The molecule has 0 radical (unpaired) electrons. The van der Waals surface area contributed by atoms with Gasteiger partial charge in [0.1, 0.15) is 10.7 Å². The number of halogens is 1. The van der Waals surface area contributed by atoms with E-state index < -0.39 is 21.7 Å². The minimum atomic E-state index is -3.98. The summed E-state index contributed by atoms with van der Waals surface area (Å²) in [6, 6.07) is 8.95. The Hall–Kier alpha value is -2.45. The molecule has 0 aliphatic carbocycles. The normalized spacial score (nSPS) is 11.1. The zero-order valence-corrected chi connectivity index (χ0v) is 11.5. The number of nitrogens with two attached hydrogens (primary N) is 2. The van der Waals surface area contributed by atoms with Crippen molar-refractivity contribution in [2.45, 2.75) is 4.90 Å². The molecule has 110 valence electrons. The highest BCUT2D eigenvalue weighted by atomic mass is 32.2. The molecule has 2 rings (SSSR count). The standard InChI is InChI=1S/C13H12FN3O3S/c14-8-5-6-9(10(15)7-8)13(18)17-11-3-1-2-4-12(11)21(16,19)20/h1-7H,15H2,(H,17,18)(H2,16,19,20). The number of benzene rings is 2. The smallest absolute Gasteiger partial charge is 0.257 e. The average Bonchev–Trinajstić information content (AvgIpc) is 2.37. The maximum absolute atomic E-state index is 13.0. The van der Waals surface area contributed by atoms with Crippen LogP contribution in [0.5, 0.6) is 0 Å². The molecule has 0 aliphatic rings. The number of para-hydroxylation sites is 1. The van der Waals surface area contributed by atoms with Gasteiger partial charge in [-0.25, -0.2) is 17.9 Å². The van der Waals surface area contributed by atoms with Crippen molar-refractivity contribution in [3.8, 4) is 0 Å². The number of anilines is 2. The van der Waals surface area contributed by atoms with Crippen LogP contribution in [-0.4, -0.2) is 14.3 Å². The first kappa shape index (κ1) is 14.9. The number of carbonyl (C=O) groups is 1.